The van der Waals surface area contributed by atoms with E-state index in [2.05, 4.69) is 36.8 Å². The maximum Gasteiger partial charge on any atom is 0.271 e. The zero-order valence-corrected chi connectivity index (χ0v) is 26.9. The van der Waals surface area contributed by atoms with Gasteiger partial charge in [0.15, 0.2) is 16.6 Å². The lowest BCUT2D eigenvalue weighted by Crippen LogP contribution is -2.17. The minimum Gasteiger partial charge on any atom is -0.490 e. The van der Waals surface area contributed by atoms with E-state index in [1.165, 1.54) is 29.7 Å². The van der Waals surface area contributed by atoms with E-state index in [1.54, 1.807) is 36.4 Å². The summed E-state index contributed by atoms with van der Waals surface area (Å²) in [5, 5.41) is 21.6. The number of nitrogens with zero attached hydrogens (tertiary/aromatic N) is 3. The summed E-state index contributed by atoms with van der Waals surface area (Å²) in [7, 11) is 0. The van der Waals surface area contributed by atoms with Crippen molar-refractivity contribution in [2.45, 2.75) is 13.5 Å². The Labute approximate surface area is 276 Å². The summed E-state index contributed by atoms with van der Waals surface area (Å²) in [6.45, 7) is 2.43. The first-order valence-electron chi connectivity index (χ1n) is 13.5. The van der Waals surface area contributed by atoms with Crippen molar-refractivity contribution in [3.63, 3.8) is 0 Å². The molecule has 0 fully saturated rings. The second-order valence-electron chi connectivity index (χ2n) is 9.42. The average molecular weight is 707 g/mol. The van der Waals surface area contributed by atoms with Crippen LogP contribution in [0.5, 0.6) is 11.5 Å². The van der Waals surface area contributed by atoms with Crippen LogP contribution in [0.25, 0.3) is 11.3 Å². The molecule has 0 saturated carbocycles. The largest absolute Gasteiger partial charge is 0.490 e. The molecule has 0 aliphatic heterocycles. The molecular weight excluding hydrogens is 682 g/mol. The molecule has 0 aliphatic rings. The molecule has 45 heavy (non-hydrogen) atoms. The monoisotopic (exact) mass is 705 g/mol. The average Bonchev–Trinajstić information content (AvgIpc) is 3.50. The molecule has 0 atom stereocenters. The second-order valence-corrected chi connectivity index (χ2v) is 11.6. The lowest BCUT2D eigenvalue weighted by molar-refractivity contribution is -0.384. The van der Waals surface area contributed by atoms with Gasteiger partial charge in [0.25, 0.3) is 11.6 Å². The number of ether oxygens (including phenoxy) is 2. The molecule has 0 bridgehead atoms. The van der Waals surface area contributed by atoms with E-state index in [1.807, 2.05) is 48.7 Å². The number of rotatable bonds is 12. The third kappa shape index (κ3) is 8.44. The van der Waals surface area contributed by atoms with Crippen molar-refractivity contribution in [2.75, 3.05) is 11.9 Å². The number of hydrazone groups is 1. The first kappa shape index (κ1) is 31.6. The number of anilines is 2. The van der Waals surface area contributed by atoms with Gasteiger partial charge < -0.3 is 14.8 Å². The third-order valence-corrected chi connectivity index (χ3v) is 7.88. The highest BCUT2D eigenvalue weighted by Crippen LogP contribution is 2.37. The first-order valence-corrected chi connectivity index (χ1v) is 15.6. The van der Waals surface area contributed by atoms with Crippen LogP contribution in [0.3, 0.4) is 0 Å². The fourth-order valence-electron chi connectivity index (χ4n) is 4.08. The number of nitro benzene ring substituents is 1. The topological polar surface area (TPSA) is 128 Å². The quantitative estimate of drug-likeness (QED) is 0.0755. The summed E-state index contributed by atoms with van der Waals surface area (Å²) in [6.07, 6.45) is 1.50. The number of nitro groups is 1. The van der Waals surface area contributed by atoms with Crippen LogP contribution in [0.2, 0.25) is 5.02 Å². The van der Waals surface area contributed by atoms with Crippen LogP contribution in [0.4, 0.5) is 16.5 Å². The van der Waals surface area contributed by atoms with Gasteiger partial charge in [0.2, 0.25) is 0 Å². The Morgan fingerprint density at radius 3 is 2.49 bits per heavy atom. The van der Waals surface area contributed by atoms with E-state index in [0.717, 1.165) is 27.6 Å². The van der Waals surface area contributed by atoms with Crippen LogP contribution in [0.1, 0.15) is 28.4 Å². The maximum absolute atomic E-state index is 12.7. The van der Waals surface area contributed by atoms with E-state index in [-0.39, 0.29) is 18.2 Å². The van der Waals surface area contributed by atoms with Crippen molar-refractivity contribution in [1.29, 1.82) is 0 Å². The van der Waals surface area contributed by atoms with Gasteiger partial charge in [0.05, 0.1) is 27.9 Å². The summed E-state index contributed by atoms with van der Waals surface area (Å²) in [6, 6.07) is 24.1. The van der Waals surface area contributed by atoms with Gasteiger partial charge in [-0.1, -0.05) is 23.7 Å². The van der Waals surface area contributed by atoms with Gasteiger partial charge >= 0.3 is 0 Å². The smallest absolute Gasteiger partial charge is 0.271 e. The Morgan fingerprint density at radius 1 is 1.07 bits per heavy atom. The van der Waals surface area contributed by atoms with Gasteiger partial charge in [0, 0.05) is 39.3 Å². The van der Waals surface area contributed by atoms with Crippen molar-refractivity contribution in [3.05, 3.63) is 127 Å². The van der Waals surface area contributed by atoms with E-state index in [4.69, 9.17) is 21.1 Å². The number of hydrogen-bond donors (Lipinski definition) is 2. The zero-order valence-electron chi connectivity index (χ0n) is 23.7. The highest BCUT2D eigenvalue weighted by Gasteiger charge is 2.14. The number of halogens is 2. The Hall–Kier alpha value is -4.78. The summed E-state index contributed by atoms with van der Waals surface area (Å²) >= 11 is 10.9. The molecule has 1 amide bonds. The number of aromatic nitrogens is 1. The minimum atomic E-state index is -0.450. The number of benzene rings is 4. The summed E-state index contributed by atoms with van der Waals surface area (Å²) in [5.74, 6) is 0.587. The number of carbonyl (C=O) groups is 1. The fraction of sp³-hybridized carbons (Fsp3) is 0.0938. The predicted molar refractivity (Wildman–Crippen MR) is 180 cm³/mol. The summed E-state index contributed by atoms with van der Waals surface area (Å²) in [5.41, 5.74) is 6.98. The van der Waals surface area contributed by atoms with Gasteiger partial charge in [-0.25, -0.2) is 10.4 Å². The molecule has 0 aliphatic carbocycles. The molecule has 228 valence electrons. The predicted octanol–water partition coefficient (Wildman–Crippen LogP) is 8.62. The molecule has 0 saturated heterocycles. The maximum atomic E-state index is 12.7. The second kappa shape index (κ2) is 14.8. The van der Waals surface area contributed by atoms with Crippen LogP contribution >= 0.6 is 38.9 Å². The molecule has 1 heterocycles. The van der Waals surface area contributed by atoms with Gasteiger partial charge in [-0.05, 0) is 94.6 Å². The zero-order chi connectivity index (χ0) is 31.8. The third-order valence-electron chi connectivity index (χ3n) is 6.28. The molecule has 1 aromatic heterocycles. The van der Waals surface area contributed by atoms with Gasteiger partial charge in [-0.2, -0.15) is 5.10 Å². The van der Waals surface area contributed by atoms with Crippen LogP contribution in [-0.2, 0) is 6.61 Å². The van der Waals surface area contributed by atoms with Crippen LogP contribution < -0.4 is 20.2 Å². The first-order chi connectivity index (χ1) is 21.8. The van der Waals surface area contributed by atoms with Crippen molar-refractivity contribution in [2.24, 2.45) is 5.10 Å². The van der Waals surface area contributed by atoms with Crippen molar-refractivity contribution in [1.82, 2.24) is 10.4 Å². The summed E-state index contributed by atoms with van der Waals surface area (Å²) < 4.78 is 12.4. The van der Waals surface area contributed by atoms with E-state index >= 15 is 0 Å². The fourth-order valence-corrected chi connectivity index (χ4v) is 5.52. The SMILES string of the molecule is CCOc1cc(/C=N\NC(=O)c2ccc(-c3csc(Nc4ccc(Cl)cc4)n3)cc2)cc(Br)c1OCc1ccc([N+](=O)[O-])cc1. The van der Waals surface area contributed by atoms with E-state index in [9.17, 15) is 14.9 Å². The van der Waals surface area contributed by atoms with Gasteiger partial charge in [-0.15, -0.1) is 11.3 Å². The van der Waals surface area contributed by atoms with Crippen LogP contribution in [0.15, 0.2) is 99.9 Å². The molecule has 0 spiro atoms. The Balaban J connectivity index is 1.19. The van der Waals surface area contributed by atoms with Crippen molar-refractivity contribution < 1.29 is 19.2 Å². The number of amides is 1. The van der Waals surface area contributed by atoms with E-state index < -0.39 is 4.92 Å². The lowest BCUT2D eigenvalue weighted by atomic mass is 10.1. The molecule has 2 N–H and O–H groups in total. The lowest BCUT2D eigenvalue weighted by Gasteiger charge is -2.14. The Morgan fingerprint density at radius 2 is 1.80 bits per heavy atom. The number of hydrogen-bond acceptors (Lipinski definition) is 9. The number of thiazole rings is 1. The molecule has 0 radical (unpaired) electrons. The van der Waals surface area contributed by atoms with Crippen molar-refractivity contribution >= 4 is 67.5 Å². The number of carbonyl (C=O) groups excluding carboxylic acids is 1. The molecule has 4 aromatic carbocycles. The normalized spacial score (nSPS) is 10.9. The van der Waals surface area contributed by atoms with Crippen LogP contribution in [0, 0.1) is 10.1 Å². The molecule has 10 nitrogen and oxygen atoms in total. The molecular formula is C32H25BrClN5O5S. The highest BCUT2D eigenvalue weighted by atomic mass is 79.9. The molecule has 5 rings (SSSR count). The molecule has 5 aromatic rings. The highest BCUT2D eigenvalue weighted by molar-refractivity contribution is 9.10. The van der Waals surface area contributed by atoms with Crippen LogP contribution in [-0.4, -0.2) is 28.6 Å². The number of nitrogens with one attached hydrogen (secondary N) is 2. The number of non-ortho nitro benzene ring substituents is 1. The standard InChI is InChI=1S/C32H25BrClN5O5S/c1-2-43-29-16-21(15-27(33)30(29)44-18-20-3-13-26(14-4-20)39(41)42)17-35-38-31(40)23-7-5-22(6-8-23)28-19-45-32(37-28)36-25-11-9-24(34)10-12-25/h3-17,19H,2,18H2,1H3,(H,36,37)(H,38,40)/b35-17-. The minimum absolute atomic E-state index is 0.0104. The Bertz CT molecular complexity index is 1830. The van der Waals surface area contributed by atoms with Gasteiger partial charge in [0.1, 0.15) is 6.61 Å². The Kier molecular flexibility index (Phi) is 10.4. The van der Waals surface area contributed by atoms with E-state index in [0.29, 0.717) is 38.7 Å². The molecule has 13 heteroatoms. The van der Waals surface area contributed by atoms with Crippen molar-refractivity contribution in [3.8, 4) is 22.8 Å². The molecule has 0 unspecified atom stereocenters. The van der Waals surface area contributed by atoms with Gasteiger partial charge in [-0.3, -0.25) is 14.9 Å². The summed E-state index contributed by atoms with van der Waals surface area (Å²) in [4.78, 5) is 27.8.